The highest BCUT2D eigenvalue weighted by Crippen LogP contribution is 2.47. The molecule has 0 aromatic heterocycles. The van der Waals surface area contributed by atoms with Crippen molar-refractivity contribution < 1.29 is 4.79 Å². The average molecular weight is 329 g/mol. The minimum atomic E-state index is -0.629. The predicted molar refractivity (Wildman–Crippen MR) is 88.0 cm³/mol. The fraction of sp³-hybridized carbons (Fsp3) is 0.562. The van der Waals surface area contributed by atoms with Crippen LogP contribution in [0.25, 0.3) is 0 Å². The van der Waals surface area contributed by atoms with Crippen LogP contribution in [0.5, 0.6) is 0 Å². The van der Waals surface area contributed by atoms with Gasteiger partial charge in [0.15, 0.2) is 0 Å². The number of hydrogen-bond donors (Lipinski definition) is 2. The number of benzene rings is 1. The smallest absolute Gasteiger partial charge is 0.240 e. The summed E-state index contributed by atoms with van der Waals surface area (Å²) >= 11 is 5.93. The van der Waals surface area contributed by atoms with Crippen molar-refractivity contribution in [3.8, 4) is 0 Å². The van der Waals surface area contributed by atoms with Crippen molar-refractivity contribution in [2.75, 3.05) is 6.54 Å². The summed E-state index contributed by atoms with van der Waals surface area (Å²) in [6, 6.07) is 7.96. The maximum atomic E-state index is 12.3. The molecule has 0 atom stereocenters. The molecule has 0 aliphatic heterocycles. The Balaban J connectivity index is 0.00000161. The number of carbonyl (C=O) groups is 1. The van der Waals surface area contributed by atoms with Gasteiger partial charge in [-0.1, -0.05) is 36.6 Å². The van der Waals surface area contributed by atoms with Crippen molar-refractivity contribution in [3.05, 3.63) is 34.9 Å². The molecule has 0 unspecified atom stereocenters. The molecule has 3 nitrogen and oxygen atoms in total. The molecule has 1 amide bonds. The number of amides is 1. The van der Waals surface area contributed by atoms with Crippen molar-refractivity contribution in [2.24, 2.45) is 5.73 Å². The molecule has 2 saturated carbocycles. The van der Waals surface area contributed by atoms with Crippen molar-refractivity contribution in [1.82, 2.24) is 5.32 Å². The quantitative estimate of drug-likeness (QED) is 0.891. The van der Waals surface area contributed by atoms with Gasteiger partial charge in [0, 0.05) is 17.0 Å². The summed E-state index contributed by atoms with van der Waals surface area (Å²) in [5.74, 6) is 0.0234. The van der Waals surface area contributed by atoms with E-state index in [1.54, 1.807) is 0 Å². The lowest BCUT2D eigenvalue weighted by atomic mass is 9.94. The predicted octanol–water partition coefficient (Wildman–Crippen LogP) is 3.18. The first kappa shape index (κ1) is 16.6. The van der Waals surface area contributed by atoms with E-state index in [4.69, 9.17) is 17.3 Å². The normalized spacial score (nSPS) is 21.4. The monoisotopic (exact) mass is 328 g/mol. The number of nitrogens with two attached hydrogens (primary N) is 1. The lowest BCUT2D eigenvalue weighted by molar-refractivity contribution is -0.126. The van der Waals surface area contributed by atoms with Gasteiger partial charge >= 0.3 is 0 Å². The SMILES string of the molecule is Cl.NC1(C(=O)NCC2(c3ccc(Cl)cc3)CC2)CCCC1. The van der Waals surface area contributed by atoms with E-state index in [-0.39, 0.29) is 23.7 Å². The van der Waals surface area contributed by atoms with E-state index in [0.717, 1.165) is 43.5 Å². The van der Waals surface area contributed by atoms with E-state index in [1.807, 2.05) is 12.1 Å². The second kappa shape index (κ2) is 6.15. The maximum Gasteiger partial charge on any atom is 0.240 e. The van der Waals surface area contributed by atoms with Gasteiger partial charge in [0.25, 0.3) is 0 Å². The summed E-state index contributed by atoms with van der Waals surface area (Å²) in [6.45, 7) is 0.687. The second-order valence-corrected chi connectivity index (χ2v) is 6.77. The van der Waals surface area contributed by atoms with Crippen molar-refractivity contribution >= 4 is 29.9 Å². The van der Waals surface area contributed by atoms with Gasteiger partial charge in [-0.25, -0.2) is 0 Å². The molecule has 2 fully saturated rings. The Kier molecular flexibility index (Phi) is 4.86. The highest BCUT2D eigenvalue weighted by atomic mass is 35.5. The van der Waals surface area contributed by atoms with E-state index in [0.29, 0.717) is 6.54 Å². The molecule has 0 heterocycles. The van der Waals surface area contributed by atoms with Crippen molar-refractivity contribution in [1.29, 1.82) is 0 Å². The first-order chi connectivity index (χ1) is 9.54. The van der Waals surface area contributed by atoms with Crippen LogP contribution < -0.4 is 11.1 Å². The number of carbonyl (C=O) groups excluding carboxylic acids is 1. The molecule has 3 N–H and O–H groups in total. The summed E-state index contributed by atoms with van der Waals surface area (Å²) in [6.07, 6.45) is 5.98. The lowest BCUT2D eigenvalue weighted by Crippen LogP contribution is -2.53. The molecule has 1 aromatic carbocycles. The Labute approximate surface area is 137 Å². The van der Waals surface area contributed by atoms with Gasteiger partial charge in [-0.15, -0.1) is 12.4 Å². The highest BCUT2D eigenvalue weighted by Gasteiger charge is 2.45. The lowest BCUT2D eigenvalue weighted by Gasteiger charge is -2.24. The molecule has 21 heavy (non-hydrogen) atoms. The molecule has 0 saturated heterocycles. The molecule has 0 radical (unpaired) electrons. The van der Waals surface area contributed by atoms with E-state index in [2.05, 4.69) is 17.4 Å². The summed E-state index contributed by atoms with van der Waals surface area (Å²) in [7, 11) is 0. The van der Waals surface area contributed by atoms with Gasteiger partial charge in [-0.2, -0.15) is 0 Å². The van der Waals surface area contributed by atoms with Crippen LogP contribution in [0.15, 0.2) is 24.3 Å². The number of rotatable bonds is 4. The molecule has 1 aromatic rings. The molecule has 2 aliphatic carbocycles. The largest absolute Gasteiger partial charge is 0.354 e. The van der Waals surface area contributed by atoms with Crippen LogP contribution in [-0.4, -0.2) is 18.0 Å². The van der Waals surface area contributed by atoms with E-state index in [1.165, 1.54) is 5.56 Å². The van der Waals surface area contributed by atoms with Crippen molar-refractivity contribution in [2.45, 2.75) is 49.5 Å². The van der Waals surface area contributed by atoms with Crippen LogP contribution in [0.1, 0.15) is 44.1 Å². The Hall–Kier alpha value is -0.770. The van der Waals surface area contributed by atoms with Gasteiger partial charge in [-0.3, -0.25) is 4.79 Å². The van der Waals surface area contributed by atoms with Crippen molar-refractivity contribution in [3.63, 3.8) is 0 Å². The Bertz CT molecular complexity index is 506. The first-order valence-corrected chi connectivity index (χ1v) is 7.75. The molecule has 0 bridgehead atoms. The van der Waals surface area contributed by atoms with Gasteiger partial charge in [0.05, 0.1) is 5.54 Å². The van der Waals surface area contributed by atoms with Crippen LogP contribution in [0.4, 0.5) is 0 Å². The zero-order valence-electron chi connectivity index (χ0n) is 12.0. The molecule has 3 rings (SSSR count). The van der Waals surface area contributed by atoms with Crippen LogP contribution in [-0.2, 0) is 10.2 Å². The Morgan fingerprint density at radius 1 is 1.14 bits per heavy atom. The molecular formula is C16H22Cl2N2O. The summed E-state index contributed by atoms with van der Waals surface area (Å²) in [5.41, 5.74) is 6.92. The molecule has 5 heteroatoms. The van der Waals surface area contributed by atoms with Crippen LogP contribution >= 0.6 is 24.0 Å². The molecule has 2 aliphatic rings. The van der Waals surface area contributed by atoms with Gasteiger partial charge in [0.2, 0.25) is 5.91 Å². The van der Waals surface area contributed by atoms with E-state index >= 15 is 0 Å². The minimum absolute atomic E-state index is 0. The average Bonchev–Trinajstić information content (AvgIpc) is 3.11. The fourth-order valence-electron chi connectivity index (χ4n) is 3.18. The summed E-state index contributed by atoms with van der Waals surface area (Å²) < 4.78 is 0. The van der Waals surface area contributed by atoms with E-state index < -0.39 is 5.54 Å². The van der Waals surface area contributed by atoms with Gasteiger partial charge < -0.3 is 11.1 Å². The summed E-state index contributed by atoms with van der Waals surface area (Å²) in [5, 5.41) is 3.83. The second-order valence-electron chi connectivity index (χ2n) is 6.33. The number of nitrogens with one attached hydrogen (secondary N) is 1. The number of hydrogen-bond acceptors (Lipinski definition) is 2. The molecule has 116 valence electrons. The molecular weight excluding hydrogens is 307 g/mol. The fourth-order valence-corrected chi connectivity index (χ4v) is 3.31. The van der Waals surface area contributed by atoms with Crippen LogP contribution in [0.3, 0.4) is 0 Å². The summed E-state index contributed by atoms with van der Waals surface area (Å²) in [4.78, 5) is 12.3. The minimum Gasteiger partial charge on any atom is -0.354 e. The Morgan fingerprint density at radius 2 is 1.71 bits per heavy atom. The van der Waals surface area contributed by atoms with Gasteiger partial charge in [-0.05, 0) is 43.4 Å². The third-order valence-corrected chi connectivity index (χ3v) is 5.10. The first-order valence-electron chi connectivity index (χ1n) is 7.37. The van der Waals surface area contributed by atoms with Crippen LogP contribution in [0, 0.1) is 0 Å². The number of halogens is 2. The highest BCUT2D eigenvalue weighted by molar-refractivity contribution is 6.30. The standard InChI is InChI=1S/C16H21ClN2O.ClH/c17-13-5-3-12(4-6-13)15(9-10-15)11-19-14(20)16(18)7-1-2-8-16;/h3-6H,1-2,7-11,18H2,(H,19,20);1H. The van der Waals surface area contributed by atoms with E-state index in [9.17, 15) is 4.79 Å². The van der Waals surface area contributed by atoms with Crippen LogP contribution in [0.2, 0.25) is 5.02 Å². The molecule has 0 spiro atoms. The topological polar surface area (TPSA) is 55.1 Å². The Morgan fingerprint density at radius 3 is 2.24 bits per heavy atom. The third kappa shape index (κ3) is 3.36. The maximum absolute atomic E-state index is 12.3. The zero-order chi connectivity index (χ0) is 14.2. The third-order valence-electron chi connectivity index (χ3n) is 4.85. The zero-order valence-corrected chi connectivity index (χ0v) is 13.6. The van der Waals surface area contributed by atoms with Gasteiger partial charge in [0.1, 0.15) is 0 Å².